The highest BCUT2D eigenvalue weighted by Gasteiger charge is 2.21. The fraction of sp³-hybridized carbons (Fsp3) is 0.455. The van der Waals surface area contributed by atoms with Gasteiger partial charge in [-0.15, -0.1) is 0 Å². The molecule has 0 aliphatic rings. The van der Waals surface area contributed by atoms with Crippen molar-refractivity contribution in [2.75, 3.05) is 12.4 Å². The molecule has 27 heavy (non-hydrogen) atoms. The molecule has 0 radical (unpaired) electrons. The van der Waals surface area contributed by atoms with E-state index in [4.69, 9.17) is 9.15 Å². The topological polar surface area (TPSA) is 68.5 Å². The van der Waals surface area contributed by atoms with Crippen LogP contribution in [0, 0.1) is 6.92 Å². The fourth-order valence-electron chi connectivity index (χ4n) is 3.17. The highest BCUT2D eigenvalue weighted by atomic mass is 16.5. The van der Waals surface area contributed by atoms with Gasteiger partial charge in [-0.25, -0.2) is 0 Å². The first kappa shape index (κ1) is 20.7. The predicted octanol–water partition coefficient (Wildman–Crippen LogP) is 4.68. The number of carbonyl (C=O) groups excluding carboxylic acids is 1. The Labute approximate surface area is 160 Å². The Bertz CT molecular complexity index is 842. The number of methoxy groups -OCH3 is 1. The third kappa shape index (κ3) is 4.79. The number of hydrogen-bond acceptors (Lipinski definition) is 4. The number of anilines is 1. The van der Waals surface area contributed by atoms with Crippen LogP contribution in [0.25, 0.3) is 0 Å². The second kappa shape index (κ2) is 9.40. The van der Waals surface area contributed by atoms with Crippen LogP contribution in [0.1, 0.15) is 66.6 Å². The summed E-state index contributed by atoms with van der Waals surface area (Å²) < 4.78 is 11.1. The highest BCUT2D eigenvalue weighted by Crippen LogP contribution is 2.29. The second-order valence-electron chi connectivity index (χ2n) is 6.60. The SMILES string of the molecule is CCCCc1oc(C)cc(=O)c1C(=O)Nc1c(CC)cc(OC)cc1CC. The van der Waals surface area contributed by atoms with Gasteiger partial charge in [0.1, 0.15) is 22.8 Å². The lowest BCUT2D eigenvalue weighted by Crippen LogP contribution is -2.25. The van der Waals surface area contributed by atoms with E-state index in [-0.39, 0.29) is 11.0 Å². The summed E-state index contributed by atoms with van der Waals surface area (Å²) in [5.41, 5.74) is 2.52. The maximum atomic E-state index is 13.0. The molecule has 5 nitrogen and oxygen atoms in total. The van der Waals surface area contributed by atoms with Crippen molar-refractivity contribution in [1.29, 1.82) is 0 Å². The number of aryl methyl sites for hydroxylation is 4. The molecule has 0 spiro atoms. The zero-order valence-corrected chi connectivity index (χ0v) is 16.9. The van der Waals surface area contributed by atoms with Gasteiger partial charge < -0.3 is 14.5 Å². The molecule has 146 valence electrons. The largest absolute Gasteiger partial charge is 0.497 e. The highest BCUT2D eigenvalue weighted by molar-refractivity contribution is 6.05. The molecule has 0 bridgehead atoms. The van der Waals surface area contributed by atoms with E-state index < -0.39 is 5.91 Å². The van der Waals surface area contributed by atoms with Gasteiger partial charge in [0.15, 0.2) is 5.43 Å². The Kier molecular flexibility index (Phi) is 7.22. The van der Waals surface area contributed by atoms with Crippen molar-refractivity contribution in [3.63, 3.8) is 0 Å². The van der Waals surface area contributed by atoms with Crippen molar-refractivity contribution in [3.8, 4) is 5.75 Å². The first-order chi connectivity index (χ1) is 12.9. The summed E-state index contributed by atoms with van der Waals surface area (Å²) in [6.45, 7) is 7.84. The van der Waals surface area contributed by atoms with Gasteiger partial charge in [-0.2, -0.15) is 0 Å². The van der Waals surface area contributed by atoms with Crippen molar-refractivity contribution in [1.82, 2.24) is 0 Å². The van der Waals surface area contributed by atoms with E-state index in [0.717, 1.165) is 48.2 Å². The van der Waals surface area contributed by atoms with Crippen molar-refractivity contribution >= 4 is 11.6 Å². The molecule has 1 aromatic carbocycles. The number of ether oxygens (including phenoxy) is 1. The van der Waals surface area contributed by atoms with Crippen LogP contribution in [0.3, 0.4) is 0 Å². The first-order valence-corrected chi connectivity index (χ1v) is 9.59. The molecular formula is C22H29NO4. The summed E-state index contributed by atoms with van der Waals surface area (Å²) in [6, 6.07) is 5.22. The van der Waals surface area contributed by atoms with Crippen LogP contribution in [0.4, 0.5) is 5.69 Å². The van der Waals surface area contributed by atoms with Gasteiger partial charge in [-0.1, -0.05) is 27.2 Å². The van der Waals surface area contributed by atoms with Gasteiger partial charge in [-0.05, 0) is 49.4 Å². The van der Waals surface area contributed by atoms with Crippen LogP contribution < -0.4 is 15.5 Å². The molecule has 1 aromatic heterocycles. The Morgan fingerprint density at radius 3 is 2.26 bits per heavy atom. The summed E-state index contributed by atoms with van der Waals surface area (Å²) in [6.07, 6.45) is 3.86. The summed E-state index contributed by atoms with van der Waals surface area (Å²) in [5, 5.41) is 2.97. The van der Waals surface area contributed by atoms with E-state index in [1.54, 1.807) is 14.0 Å². The Morgan fingerprint density at radius 1 is 1.11 bits per heavy atom. The Hall–Kier alpha value is -2.56. The van der Waals surface area contributed by atoms with Crippen LogP contribution in [-0.4, -0.2) is 13.0 Å². The number of nitrogens with one attached hydrogen (secondary N) is 1. The molecule has 1 heterocycles. The number of unbranched alkanes of at least 4 members (excludes halogenated alkanes) is 1. The zero-order chi connectivity index (χ0) is 20.0. The quantitative estimate of drug-likeness (QED) is 0.732. The Balaban J connectivity index is 2.48. The standard InChI is InChI=1S/C22H29NO4/c1-6-9-10-19-20(18(24)11-14(4)27-19)22(25)23-21-15(7-2)12-17(26-5)13-16(21)8-3/h11-13H,6-10H2,1-5H3,(H,23,25). The van der Waals surface area contributed by atoms with Crippen LogP contribution >= 0.6 is 0 Å². The third-order valence-corrected chi connectivity index (χ3v) is 4.64. The number of amides is 1. The van der Waals surface area contributed by atoms with Gasteiger partial charge >= 0.3 is 0 Å². The Morgan fingerprint density at radius 2 is 1.74 bits per heavy atom. The van der Waals surface area contributed by atoms with E-state index in [9.17, 15) is 9.59 Å². The minimum absolute atomic E-state index is 0.106. The first-order valence-electron chi connectivity index (χ1n) is 9.59. The lowest BCUT2D eigenvalue weighted by atomic mass is 10.0. The van der Waals surface area contributed by atoms with Crippen molar-refractivity contribution in [3.05, 3.63) is 56.6 Å². The van der Waals surface area contributed by atoms with E-state index in [1.807, 2.05) is 26.0 Å². The summed E-state index contributed by atoms with van der Waals surface area (Å²) >= 11 is 0. The minimum Gasteiger partial charge on any atom is -0.497 e. The smallest absolute Gasteiger partial charge is 0.263 e. The van der Waals surface area contributed by atoms with Crippen LogP contribution in [0.15, 0.2) is 27.4 Å². The van der Waals surface area contributed by atoms with E-state index >= 15 is 0 Å². The third-order valence-electron chi connectivity index (χ3n) is 4.64. The van der Waals surface area contributed by atoms with Gasteiger partial charge in [-0.3, -0.25) is 9.59 Å². The minimum atomic E-state index is -0.413. The summed E-state index contributed by atoms with van der Waals surface area (Å²) in [4.78, 5) is 25.5. The number of carbonyl (C=O) groups is 1. The molecule has 1 amide bonds. The molecule has 2 rings (SSSR count). The lowest BCUT2D eigenvalue weighted by Gasteiger charge is -2.17. The van der Waals surface area contributed by atoms with Crippen molar-refractivity contribution in [2.45, 2.75) is 59.8 Å². The molecule has 0 aliphatic carbocycles. The summed E-state index contributed by atoms with van der Waals surface area (Å²) in [7, 11) is 1.63. The van der Waals surface area contributed by atoms with Gasteiger partial charge in [0, 0.05) is 18.2 Å². The average molecular weight is 371 g/mol. The average Bonchev–Trinajstić information content (AvgIpc) is 2.65. The van der Waals surface area contributed by atoms with Crippen LogP contribution in [0.5, 0.6) is 5.75 Å². The second-order valence-corrected chi connectivity index (χ2v) is 6.60. The molecule has 0 unspecified atom stereocenters. The van der Waals surface area contributed by atoms with Crippen molar-refractivity contribution < 1.29 is 13.9 Å². The predicted molar refractivity (Wildman–Crippen MR) is 108 cm³/mol. The van der Waals surface area contributed by atoms with E-state index in [1.165, 1.54) is 6.07 Å². The van der Waals surface area contributed by atoms with Gasteiger partial charge in [0.05, 0.1) is 7.11 Å². The van der Waals surface area contributed by atoms with E-state index in [2.05, 4.69) is 12.2 Å². The van der Waals surface area contributed by atoms with Crippen LogP contribution in [0.2, 0.25) is 0 Å². The van der Waals surface area contributed by atoms with Crippen LogP contribution in [-0.2, 0) is 19.3 Å². The number of rotatable bonds is 8. The van der Waals surface area contributed by atoms with Gasteiger partial charge in [0.25, 0.3) is 5.91 Å². The molecule has 5 heteroatoms. The normalized spacial score (nSPS) is 10.7. The molecule has 0 atom stereocenters. The van der Waals surface area contributed by atoms with Crippen molar-refractivity contribution in [2.24, 2.45) is 0 Å². The molecule has 0 saturated heterocycles. The molecule has 1 N–H and O–H groups in total. The van der Waals surface area contributed by atoms with E-state index in [0.29, 0.717) is 17.9 Å². The molecule has 0 aliphatic heterocycles. The number of hydrogen-bond donors (Lipinski definition) is 1. The number of benzene rings is 1. The molecule has 0 saturated carbocycles. The summed E-state index contributed by atoms with van der Waals surface area (Å²) in [5.74, 6) is 1.34. The maximum Gasteiger partial charge on any atom is 0.263 e. The molecular weight excluding hydrogens is 342 g/mol. The monoisotopic (exact) mass is 371 g/mol. The molecule has 0 fully saturated rings. The maximum absolute atomic E-state index is 13.0. The molecule has 2 aromatic rings. The lowest BCUT2D eigenvalue weighted by molar-refractivity contribution is 0.102. The fourth-order valence-corrected chi connectivity index (χ4v) is 3.17. The zero-order valence-electron chi connectivity index (χ0n) is 16.9. The van der Waals surface area contributed by atoms with Gasteiger partial charge in [0.2, 0.25) is 0 Å².